The minimum atomic E-state index is -0.440. The van der Waals surface area contributed by atoms with Gasteiger partial charge >= 0.3 is 0 Å². The normalized spacial score (nSPS) is 10.6. The maximum Gasteiger partial charge on any atom is 0.269 e. The van der Waals surface area contributed by atoms with Crippen LogP contribution in [0.3, 0.4) is 0 Å². The van der Waals surface area contributed by atoms with Gasteiger partial charge in [0.25, 0.3) is 5.69 Å². The Bertz CT molecular complexity index is 1050. The van der Waals surface area contributed by atoms with E-state index >= 15 is 0 Å². The summed E-state index contributed by atoms with van der Waals surface area (Å²) < 4.78 is 2.00. The fourth-order valence-corrected chi connectivity index (χ4v) is 3.80. The molecule has 0 spiro atoms. The molecule has 1 amide bonds. The number of nitrogens with one attached hydrogen (secondary N) is 2. The molecule has 2 aromatic carbocycles. The first kappa shape index (κ1) is 22.3. The van der Waals surface area contributed by atoms with Crippen molar-refractivity contribution in [1.82, 2.24) is 20.1 Å². The Labute approximate surface area is 184 Å². The summed E-state index contributed by atoms with van der Waals surface area (Å²) in [5.41, 5.74) is 2.96. The summed E-state index contributed by atoms with van der Waals surface area (Å²) in [6, 6.07) is 14.2. The van der Waals surface area contributed by atoms with Gasteiger partial charge in [-0.2, -0.15) is 0 Å². The zero-order valence-electron chi connectivity index (χ0n) is 17.4. The van der Waals surface area contributed by atoms with Gasteiger partial charge in [0.05, 0.1) is 10.7 Å². The molecular weight excluding hydrogens is 416 g/mol. The lowest BCUT2D eigenvalue weighted by Gasteiger charge is -2.09. The van der Waals surface area contributed by atoms with E-state index in [2.05, 4.69) is 26.9 Å². The number of aryl methyl sites for hydroxylation is 1. The number of hydrogen-bond acceptors (Lipinski definition) is 7. The fourth-order valence-electron chi connectivity index (χ4n) is 2.97. The lowest BCUT2D eigenvalue weighted by Crippen LogP contribution is -2.30. The number of benzene rings is 2. The number of aromatic nitrogens is 3. The molecule has 9 nitrogen and oxygen atoms in total. The molecule has 10 heteroatoms. The van der Waals surface area contributed by atoms with Crippen molar-refractivity contribution in [2.45, 2.75) is 25.5 Å². The van der Waals surface area contributed by atoms with Gasteiger partial charge < -0.3 is 15.2 Å². The van der Waals surface area contributed by atoms with Crippen molar-refractivity contribution < 1.29 is 9.72 Å². The largest absolute Gasteiger partial charge is 0.383 e. The van der Waals surface area contributed by atoms with Gasteiger partial charge in [0.2, 0.25) is 5.91 Å². The van der Waals surface area contributed by atoms with Gasteiger partial charge in [-0.15, -0.1) is 10.2 Å². The van der Waals surface area contributed by atoms with Gasteiger partial charge in [-0.05, 0) is 32.0 Å². The number of amides is 1. The molecule has 0 saturated heterocycles. The molecular formula is C21H24N6O3S. The molecule has 0 bridgehead atoms. The van der Waals surface area contributed by atoms with Gasteiger partial charge in [0, 0.05) is 43.0 Å². The third kappa shape index (κ3) is 6.05. The Kier molecular flexibility index (Phi) is 7.60. The lowest BCUT2D eigenvalue weighted by atomic mass is 10.1. The number of nitro benzene ring substituents is 1. The summed E-state index contributed by atoms with van der Waals surface area (Å²) in [5, 5.41) is 25.9. The topological polar surface area (TPSA) is 115 Å². The molecule has 0 aliphatic heterocycles. The van der Waals surface area contributed by atoms with Crippen LogP contribution in [-0.4, -0.2) is 44.4 Å². The molecule has 2 N–H and O–H groups in total. The van der Waals surface area contributed by atoms with Crippen LogP contribution in [0.25, 0.3) is 11.4 Å². The average molecular weight is 441 g/mol. The standard InChI is InChI=1S/C21H24N6O3S/c1-3-26-20(16-6-4-5-15(2)13-16)24-25-21(26)31-14-19(28)23-12-11-22-17-7-9-18(10-8-17)27(29)30/h4-10,13,22H,3,11-12,14H2,1-2H3,(H,23,28). The number of carbonyl (C=O) groups is 1. The third-order valence-electron chi connectivity index (χ3n) is 4.50. The van der Waals surface area contributed by atoms with E-state index in [0.717, 1.165) is 22.6 Å². The van der Waals surface area contributed by atoms with Gasteiger partial charge in [0.15, 0.2) is 11.0 Å². The molecule has 3 rings (SSSR count). The molecule has 31 heavy (non-hydrogen) atoms. The predicted octanol–water partition coefficient (Wildman–Crippen LogP) is 3.50. The first-order chi connectivity index (χ1) is 15.0. The monoisotopic (exact) mass is 440 g/mol. The van der Waals surface area contributed by atoms with E-state index in [-0.39, 0.29) is 17.3 Å². The Balaban J connectivity index is 1.46. The van der Waals surface area contributed by atoms with Crippen molar-refractivity contribution in [3.63, 3.8) is 0 Å². The van der Waals surface area contributed by atoms with Crippen LogP contribution < -0.4 is 10.6 Å². The van der Waals surface area contributed by atoms with Crippen LogP contribution in [0.15, 0.2) is 53.7 Å². The predicted molar refractivity (Wildman–Crippen MR) is 121 cm³/mol. The summed E-state index contributed by atoms with van der Waals surface area (Å²) in [7, 11) is 0. The molecule has 162 valence electrons. The van der Waals surface area contributed by atoms with Crippen molar-refractivity contribution >= 4 is 29.0 Å². The highest BCUT2D eigenvalue weighted by molar-refractivity contribution is 7.99. The summed E-state index contributed by atoms with van der Waals surface area (Å²) in [6.45, 7) is 5.71. The zero-order valence-corrected chi connectivity index (χ0v) is 18.2. The van der Waals surface area contributed by atoms with E-state index in [1.807, 2.05) is 36.6 Å². The highest BCUT2D eigenvalue weighted by Gasteiger charge is 2.14. The van der Waals surface area contributed by atoms with E-state index in [1.165, 1.54) is 23.9 Å². The first-order valence-electron chi connectivity index (χ1n) is 9.86. The highest BCUT2D eigenvalue weighted by Crippen LogP contribution is 2.24. The van der Waals surface area contributed by atoms with Gasteiger partial charge in [-0.25, -0.2) is 0 Å². The number of rotatable bonds is 10. The van der Waals surface area contributed by atoms with E-state index in [0.29, 0.717) is 24.8 Å². The molecule has 0 saturated carbocycles. The van der Waals surface area contributed by atoms with E-state index in [1.54, 1.807) is 12.1 Å². The van der Waals surface area contributed by atoms with Crippen molar-refractivity contribution in [3.05, 3.63) is 64.2 Å². The quantitative estimate of drug-likeness (QED) is 0.215. The second kappa shape index (κ2) is 10.6. The van der Waals surface area contributed by atoms with Crippen LogP contribution >= 0.6 is 11.8 Å². The number of nitrogens with zero attached hydrogens (tertiary/aromatic N) is 4. The summed E-state index contributed by atoms with van der Waals surface area (Å²) in [4.78, 5) is 22.4. The smallest absolute Gasteiger partial charge is 0.269 e. The summed E-state index contributed by atoms with van der Waals surface area (Å²) >= 11 is 1.35. The van der Waals surface area contributed by atoms with Crippen LogP contribution in [0.4, 0.5) is 11.4 Å². The molecule has 1 heterocycles. The first-order valence-corrected chi connectivity index (χ1v) is 10.8. The van der Waals surface area contributed by atoms with Crippen LogP contribution in [-0.2, 0) is 11.3 Å². The van der Waals surface area contributed by atoms with Crippen molar-refractivity contribution in [3.8, 4) is 11.4 Å². The van der Waals surface area contributed by atoms with E-state index in [4.69, 9.17) is 0 Å². The molecule has 1 aromatic heterocycles. The van der Waals surface area contributed by atoms with Crippen molar-refractivity contribution in [2.75, 3.05) is 24.2 Å². The maximum atomic E-state index is 12.2. The highest BCUT2D eigenvalue weighted by atomic mass is 32.2. The number of carbonyl (C=O) groups excluding carboxylic acids is 1. The number of hydrogen-bond donors (Lipinski definition) is 2. The minimum absolute atomic E-state index is 0.0429. The number of non-ortho nitro benzene ring substituents is 1. The van der Waals surface area contributed by atoms with Crippen molar-refractivity contribution in [2.24, 2.45) is 0 Å². The zero-order chi connectivity index (χ0) is 22.2. The molecule has 0 fully saturated rings. The molecule has 3 aromatic rings. The Morgan fingerprint density at radius 2 is 1.94 bits per heavy atom. The molecule has 0 aliphatic rings. The Morgan fingerprint density at radius 3 is 2.61 bits per heavy atom. The van der Waals surface area contributed by atoms with Crippen LogP contribution in [0.2, 0.25) is 0 Å². The van der Waals surface area contributed by atoms with Gasteiger partial charge in [0.1, 0.15) is 0 Å². The van der Waals surface area contributed by atoms with Gasteiger partial charge in [-0.3, -0.25) is 14.9 Å². The van der Waals surface area contributed by atoms with Gasteiger partial charge in [-0.1, -0.05) is 35.5 Å². The molecule has 0 radical (unpaired) electrons. The minimum Gasteiger partial charge on any atom is -0.383 e. The Morgan fingerprint density at radius 1 is 1.16 bits per heavy atom. The second-order valence-corrected chi connectivity index (χ2v) is 7.73. The Hall–Kier alpha value is -3.40. The number of nitro groups is 1. The lowest BCUT2D eigenvalue weighted by molar-refractivity contribution is -0.384. The molecule has 0 atom stereocenters. The molecule has 0 aliphatic carbocycles. The number of anilines is 1. The van der Waals surface area contributed by atoms with Crippen molar-refractivity contribution in [1.29, 1.82) is 0 Å². The third-order valence-corrected chi connectivity index (χ3v) is 5.46. The van der Waals surface area contributed by atoms with Crippen LogP contribution in [0.5, 0.6) is 0 Å². The summed E-state index contributed by atoms with van der Waals surface area (Å²) in [5.74, 6) is 0.934. The van der Waals surface area contributed by atoms with Crippen LogP contribution in [0, 0.1) is 17.0 Å². The number of thioether (sulfide) groups is 1. The fraction of sp³-hybridized carbons (Fsp3) is 0.286. The van der Waals surface area contributed by atoms with E-state index in [9.17, 15) is 14.9 Å². The van der Waals surface area contributed by atoms with E-state index < -0.39 is 4.92 Å². The average Bonchev–Trinajstić information content (AvgIpc) is 3.18. The SMILES string of the molecule is CCn1c(SCC(=O)NCCNc2ccc([N+](=O)[O-])cc2)nnc1-c1cccc(C)c1. The maximum absolute atomic E-state index is 12.2. The molecule has 0 unspecified atom stereocenters. The second-order valence-electron chi connectivity index (χ2n) is 6.79. The summed E-state index contributed by atoms with van der Waals surface area (Å²) in [6.07, 6.45) is 0. The van der Waals surface area contributed by atoms with Crippen LogP contribution in [0.1, 0.15) is 12.5 Å².